The highest BCUT2D eigenvalue weighted by atomic mass is 16.6. The third kappa shape index (κ3) is 45.3. The van der Waals surface area contributed by atoms with Crippen LogP contribution in [0, 0.1) is 0 Å². The lowest BCUT2D eigenvalue weighted by Crippen LogP contribution is -2.30. The first-order chi connectivity index (χ1) is 29.0. The maximum atomic E-state index is 12.7. The van der Waals surface area contributed by atoms with Crippen LogP contribution in [-0.4, -0.2) is 37.2 Å². The Morgan fingerprint density at radius 1 is 0.356 bits per heavy atom. The van der Waals surface area contributed by atoms with E-state index in [1.807, 2.05) is 0 Å². The molecule has 0 heterocycles. The summed E-state index contributed by atoms with van der Waals surface area (Å²) in [5.41, 5.74) is 0. The van der Waals surface area contributed by atoms with Crippen LogP contribution in [0.4, 0.5) is 0 Å². The zero-order valence-corrected chi connectivity index (χ0v) is 38.0. The quantitative estimate of drug-likeness (QED) is 0.0265. The van der Waals surface area contributed by atoms with Crippen LogP contribution in [0.25, 0.3) is 0 Å². The van der Waals surface area contributed by atoms with Crippen LogP contribution in [0.15, 0.2) is 97.2 Å². The lowest BCUT2D eigenvalue weighted by molar-refractivity contribution is -0.167. The molecule has 6 nitrogen and oxygen atoms in total. The normalized spacial score (nSPS) is 12.9. The van der Waals surface area contributed by atoms with Crippen LogP contribution in [0.2, 0.25) is 0 Å². The molecule has 0 N–H and O–H groups in total. The maximum absolute atomic E-state index is 12.7. The lowest BCUT2D eigenvalue weighted by Gasteiger charge is -2.18. The predicted molar refractivity (Wildman–Crippen MR) is 251 cm³/mol. The number of unbranched alkanes of at least 4 members (excludes halogenated alkanes) is 14. The Bertz CT molecular complexity index is 1220. The molecule has 1 atom stereocenters. The molecular formula is C53H86O6. The van der Waals surface area contributed by atoms with Gasteiger partial charge >= 0.3 is 17.9 Å². The van der Waals surface area contributed by atoms with Crippen molar-refractivity contribution >= 4 is 17.9 Å². The second-order valence-electron chi connectivity index (χ2n) is 15.3. The Morgan fingerprint density at radius 3 is 1.15 bits per heavy atom. The number of rotatable bonds is 41. The summed E-state index contributed by atoms with van der Waals surface area (Å²) in [6.45, 7) is 6.35. The fourth-order valence-corrected chi connectivity index (χ4v) is 5.96. The fraction of sp³-hybridized carbons (Fsp3) is 0.642. The van der Waals surface area contributed by atoms with Gasteiger partial charge in [-0.05, 0) is 109 Å². The van der Waals surface area contributed by atoms with E-state index in [4.69, 9.17) is 14.2 Å². The van der Waals surface area contributed by atoms with Gasteiger partial charge in [-0.3, -0.25) is 14.4 Å². The van der Waals surface area contributed by atoms with Gasteiger partial charge in [0.05, 0.1) is 0 Å². The maximum Gasteiger partial charge on any atom is 0.306 e. The number of carbonyl (C=O) groups excluding carboxylic acids is 3. The number of carbonyl (C=O) groups is 3. The Morgan fingerprint density at radius 2 is 0.695 bits per heavy atom. The molecule has 0 aromatic carbocycles. The van der Waals surface area contributed by atoms with Crippen molar-refractivity contribution in [1.82, 2.24) is 0 Å². The van der Waals surface area contributed by atoms with Gasteiger partial charge in [0.2, 0.25) is 0 Å². The van der Waals surface area contributed by atoms with E-state index in [-0.39, 0.29) is 44.0 Å². The smallest absolute Gasteiger partial charge is 0.306 e. The summed E-state index contributed by atoms with van der Waals surface area (Å²) in [6, 6.07) is 0. The molecule has 0 spiro atoms. The second kappa shape index (κ2) is 47.0. The van der Waals surface area contributed by atoms with E-state index >= 15 is 0 Å². The minimum absolute atomic E-state index is 0.112. The molecule has 0 radical (unpaired) electrons. The zero-order chi connectivity index (χ0) is 43.0. The molecule has 0 saturated heterocycles. The van der Waals surface area contributed by atoms with Crippen molar-refractivity contribution in [1.29, 1.82) is 0 Å². The molecule has 0 fully saturated rings. The molecule has 0 amide bonds. The van der Waals surface area contributed by atoms with Crippen LogP contribution < -0.4 is 0 Å². The number of ether oxygens (including phenoxy) is 3. The number of hydrogen-bond acceptors (Lipinski definition) is 6. The standard InChI is InChI=1S/C53H86O6/c1-4-7-10-13-16-19-22-24-26-27-28-30-31-34-37-40-43-46-52(55)58-49-50(48-57-51(54)45-42-39-36-33-21-18-15-12-9-6-3)59-53(56)47-44-41-38-35-32-29-25-23-20-17-14-11-8-5-2/h8,11,15-20,24-26,28-30,34,37,50H,4-7,9-10,12-14,21-23,27,31-33,35-36,38-49H2,1-3H3/b11-8-,18-15-,19-16-,20-17-,26-24-,29-25-,30-28-,37-34-. The molecule has 6 heteroatoms. The van der Waals surface area contributed by atoms with E-state index in [1.54, 1.807) is 0 Å². The lowest BCUT2D eigenvalue weighted by atomic mass is 10.1. The average Bonchev–Trinajstić information content (AvgIpc) is 3.23. The van der Waals surface area contributed by atoms with Crippen LogP contribution in [0.1, 0.15) is 201 Å². The summed E-state index contributed by atoms with van der Waals surface area (Å²) in [7, 11) is 0. The highest BCUT2D eigenvalue weighted by Gasteiger charge is 2.19. The Hall–Kier alpha value is -3.67. The van der Waals surface area contributed by atoms with E-state index in [0.717, 1.165) is 116 Å². The first-order valence-electron chi connectivity index (χ1n) is 23.7. The molecule has 0 aliphatic heterocycles. The largest absolute Gasteiger partial charge is 0.462 e. The molecule has 1 unspecified atom stereocenters. The van der Waals surface area contributed by atoms with Crippen LogP contribution >= 0.6 is 0 Å². The van der Waals surface area contributed by atoms with Crippen molar-refractivity contribution in [2.45, 2.75) is 207 Å². The van der Waals surface area contributed by atoms with Gasteiger partial charge in [-0.25, -0.2) is 0 Å². The van der Waals surface area contributed by atoms with E-state index in [0.29, 0.717) is 12.8 Å². The van der Waals surface area contributed by atoms with E-state index in [2.05, 4.69) is 118 Å². The zero-order valence-electron chi connectivity index (χ0n) is 38.0. The van der Waals surface area contributed by atoms with Crippen molar-refractivity contribution in [3.05, 3.63) is 97.2 Å². The minimum atomic E-state index is -0.815. The summed E-state index contributed by atoms with van der Waals surface area (Å²) in [5, 5.41) is 0. The number of allylic oxidation sites excluding steroid dienone is 16. The van der Waals surface area contributed by atoms with Crippen LogP contribution in [0.5, 0.6) is 0 Å². The van der Waals surface area contributed by atoms with Crippen LogP contribution in [0.3, 0.4) is 0 Å². The number of hydrogen-bond donors (Lipinski definition) is 0. The third-order valence-electron chi connectivity index (χ3n) is 9.54. The fourth-order valence-electron chi connectivity index (χ4n) is 5.96. The molecule has 0 aliphatic rings. The Balaban J connectivity index is 4.52. The molecule has 0 rings (SSSR count). The first-order valence-corrected chi connectivity index (χ1v) is 23.7. The van der Waals surface area contributed by atoms with Crippen molar-refractivity contribution < 1.29 is 28.6 Å². The molecule has 0 aromatic rings. The van der Waals surface area contributed by atoms with E-state index in [9.17, 15) is 14.4 Å². The first kappa shape index (κ1) is 55.3. The highest BCUT2D eigenvalue weighted by Crippen LogP contribution is 2.11. The molecular weight excluding hydrogens is 733 g/mol. The molecule has 0 aromatic heterocycles. The Labute approximate surface area is 362 Å². The van der Waals surface area contributed by atoms with E-state index < -0.39 is 6.10 Å². The van der Waals surface area contributed by atoms with Gasteiger partial charge in [-0.2, -0.15) is 0 Å². The van der Waals surface area contributed by atoms with Gasteiger partial charge in [0.1, 0.15) is 13.2 Å². The van der Waals surface area contributed by atoms with Gasteiger partial charge < -0.3 is 14.2 Å². The summed E-state index contributed by atoms with van der Waals surface area (Å²) < 4.78 is 16.6. The summed E-state index contributed by atoms with van der Waals surface area (Å²) in [4.78, 5) is 37.8. The molecule has 0 aliphatic carbocycles. The monoisotopic (exact) mass is 819 g/mol. The van der Waals surface area contributed by atoms with E-state index in [1.165, 1.54) is 38.5 Å². The van der Waals surface area contributed by atoms with Gasteiger partial charge in [0.25, 0.3) is 0 Å². The SMILES string of the molecule is CC/C=C\C/C=C\C/C=C\CCCCCCC(=O)OC(COC(=O)CCC/C=C\C/C=C\C/C=C\C/C=C\CCCCC)COC(=O)CCCCCC/C=C\CCCC. The predicted octanol–water partition coefficient (Wildman–Crippen LogP) is 15.4. The van der Waals surface area contributed by atoms with Gasteiger partial charge in [0.15, 0.2) is 6.10 Å². The molecule has 334 valence electrons. The highest BCUT2D eigenvalue weighted by molar-refractivity contribution is 5.71. The average molecular weight is 819 g/mol. The minimum Gasteiger partial charge on any atom is -0.462 e. The van der Waals surface area contributed by atoms with Gasteiger partial charge in [-0.15, -0.1) is 0 Å². The van der Waals surface area contributed by atoms with Crippen molar-refractivity contribution in [2.75, 3.05) is 13.2 Å². The summed E-state index contributed by atoms with van der Waals surface area (Å²) >= 11 is 0. The van der Waals surface area contributed by atoms with Crippen molar-refractivity contribution in [2.24, 2.45) is 0 Å². The second-order valence-corrected chi connectivity index (χ2v) is 15.3. The molecule has 59 heavy (non-hydrogen) atoms. The van der Waals surface area contributed by atoms with Gasteiger partial charge in [0, 0.05) is 19.3 Å². The summed E-state index contributed by atoms with van der Waals surface area (Å²) in [5.74, 6) is -1.01. The summed E-state index contributed by atoms with van der Waals surface area (Å²) in [6.07, 6.45) is 61.1. The topological polar surface area (TPSA) is 78.9 Å². The van der Waals surface area contributed by atoms with Crippen LogP contribution in [-0.2, 0) is 28.6 Å². The Kier molecular flexibility index (Phi) is 44.1. The van der Waals surface area contributed by atoms with Crippen molar-refractivity contribution in [3.8, 4) is 0 Å². The third-order valence-corrected chi connectivity index (χ3v) is 9.54. The van der Waals surface area contributed by atoms with Gasteiger partial charge in [-0.1, -0.05) is 169 Å². The van der Waals surface area contributed by atoms with Crippen molar-refractivity contribution in [3.63, 3.8) is 0 Å². The number of esters is 3. The molecule has 0 saturated carbocycles. The molecule has 0 bridgehead atoms.